The van der Waals surface area contributed by atoms with E-state index >= 15 is 0 Å². The average Bonchev–Trinajstić information content (AvgIpc) is 2.44. The molecule has 0 saturated heterocycles. The van der Waals surface area contributed by atoms with Gasteiger partial charge in [0, 0.05) is 11.9 Å². The first kappa shape index (κ1) is 14.6. The Morgan fingerprint density at radius 3 is 2.65 bits per heavy atom. The molecule has 20 heavy (non-hydrogen) atoms. The molecule has 0 aliphatic carbocycles. The standard InChI is InChI=1S/C15H16ClNO3/c1-3-9-17-11-8-6-5-7-10(11)13(16)12(14(17)18)15(19)20-4-2/h5-8H,3-4,9H2,1-2H3. The fourth-order valence-corrected chi connectivity index (χ4v) is 2.51. The van der Waals surface area contributed by atoms with E-state index in [1.165, 1.54) is 0 Å². The molecule has 1 heterocycles. The highest BCUT2D eigenvalue weighted by Gasteiger charge is 2.21. The summed E-state index contributed by atoms with van der Waals surface area (Å²) in [5.74, 6) is -0.668. The van der Waals surface area contributed by atoms with Crippen molar-refractivity contribution in [2.45, 2.75) is 26.8 Å². The number of carbonyl (C=O) groups is 1. The molecular weight excluding hydrogens is 278 g/mol. The number of esters is 1. The zero-order valence-electron chi connectivity index (χ0n) is 11.5. The number of carbonyl (C=O) groups excluding carboxylic acids is 1. The molecule has 0 aliphatic heterocycles. The lowest BCUT2D eigenvalue weighted by Gasteiger charge is -2.13. The van der Waals surface area contributed by atoms with Crippen molar-refractivity contribution in [1.82, 2.24) is 4.57 Å². The molecule has 4 nitrogen and oxygen atoms in total. The van der Waals surface area contributed by atoms with E-state index in [-0.39, 0.29) is 17.2 Å². The van der Waals surface area contributed by atoms with Crippen molar-refractivity contribution in [1.29, 1.82) is 0 Å². The Morgan fingerprint density at radius 1 is 1.30 bits per heavy atom. The van der Waals surface area contributed by atoms with Crippen molar-refractivity contribution in [3.05, 3.63) is 45.2 Å². The van der Waals surface area contributed by atoms with Crippen LogP contribution in [0.2, 0.25) is 5.02 Å². The second kappa shape index (κ2) is 6.09. The van der Waals surface area contributed by atoms with Crippen LogP contribution in [0.4, 0.5) is 0 Å². The lowest BCUT2D eigenvalue weighted by molar-refractivity contribution is 0.0524. The third kappa shape index (κ3) is 2.43. The van der Waals surface area contributed by atoms with Gasteiger partial charge in [-0.1, -0.05) is 36.7 Å². The van der Waals surface area contributed by atoms with Crippen molar-refractivity contribution in [3.63, 3.8) is 0 Å². The van der Waals surface area contributed by atoms with E-state index in [1.807, 2.05) is 25.1 Å². The van der Waals surface area contributed by atoms with Gasteiger partial charge in [-0.2, -0.15) is 0 Å². The number of aryl methyl sites for hydroxylation is 1. The highest BCUT2D eigenvalue weighted by atomic mass is 35.5. The minimum Gasteiger partial charge on any atom is -0.462 e. The van der Waals surface area contributed by atoms with Crippen molar-refractivity contribution < 1.29 is 9.53 Å². The van der Waals surface area contributed by atoms with E-state index in [4.69, 9.17) is 16.3 Å². The lowest BCUT2D eigenvalue weighted by Crippen LogP contribution is -2.28. The molecule has 0 radical (unpaired) electrons. The zero-order valence-corrected chi connectivity index (χ0v) is 12.2. The lowest BCUT2D eigenvalue weighted by atomic mass is 10.1. The van der Waals surface area contributed by atoms with E-state index in [0.29, 0.717) is 11.9 Å². The van der Waals surface area contributed by atoms with Gasteiger partial charge in [0.15, 0.2) is 0 Å². The van der Waals surface area contributed by atoms with Crippen LogP contribution in [0.1, 0.15) is 30.6 Å². The molecule has 0 fully saturated rings. The summed E-state index contributed by atoms with van der Waals surface area (Å²) in [5.41, 5.74) is 0.257. The van der Waals surface area contributed by atoms with Crippen LogP contribution in [0.5, 0.6) is 0 Å². The quantitative estimate of drug-likeness (QED) is 0.813. The monoisotopic (exact) mass is 293 g/mol. The molecule has 106 valence electrons. The summed E-state index contributed by atoms with van der Waals surface area (Å²) in [6.45, 7) is 4.40. The Balaban J connectivity index is 2.82. The van der Waals surface area contributed by atoms with Gasteiger partial charge in [0.2, 0.25) is 0 Å². The summed E-state index contributed by atoms with van der Waals surface area (Å²) in [7, 11) is 0. The fraction of sp³-hybridized carbons (Fsp3) is 0.333. The average molecular weight is 294 g/mol. The molecule has 5 heteroatoms. The number of fused-ring (bicyclic) bond motifs is 1. The van der Waals surface area contributed by atoms with Crippen molar-refractivity contribution in [2.75, 3.05) is 6.61 Å². The fourth-order valence-electron chi connectivity index (χ4n) is 2.19. The van der Waals surface area contributed by atoms with Gasteiger partial charge in [0.25, 0.3) is 5.56 Å². The summed E-state index contributed by atoms with van der Waals surface area (Å²) in [6.07, 6.45) is 0.786. The Kier molecular flexibility index (Phi) is 4.45. The number of ether oxygens (including phenoxy) is 1. The molecule has 0 N–H and O–H groups in total. The topological polar surface area (TPSA) is 48.3 Å². The number of aromatic nitrogens is 1. The minimum absolute atomic E-state index is 0.0827. The van der Waals surface area contributed by atoms with Crippen LogP contribution in [0.25, 0.3) is 10.9 Å². The molecule has 0 unspecified atom stereocenters. The largest absolute Gasteiger partial charge is 0.462 e. The normalized spacial score (nSPS) is 10.8. The molecule has 0 spiro atoms. The van der Waals surface area contributed by atoms with E-state index < -0.39 is 11.5 Å². The van der Waals surface area contributed by atoms with Gasteiger partial charge in [-0.05, 0) is 19.4 Å². The van der Waals surface area contributed by atoms with E-state index in [2.05, 4.69) is 0 Å². The van der Waals surface area contributed by atoms with Gasteiger partial charge in [-0.25, -0.2) is 4.79 Å². The highest BCUT2D eigenvalue weighted by Crippen LogP contribution is 2.25. The second-order valence-corrected chi connectivity index (χ2v) is 4.76. The van der Waals surface area contributed by atoms with Crippen LogP contribution in [0.15, 0.2) is 29.1 Å². The van der Waals surface area contributed by atoms with Crippen LogP contribution in [0, 0.1) is 0 Å². The predicted molar refractivity (Wildman–Crippen MR) is 79.5 cm³/mol. The molecule has 0 saturated carbocycles. The summed E-state index contributed by atoms with van der Waals surface area (Å²) >= 11 is 6.24. The van der Waals surface area contributed by atoms with Gasteiger partial charge >= 0.3 is 5.97 Å². The number of para-hydroxylation sites is 1. The number of nitrogens with zero attached hydrogens (tertiary/aromatic N) is 1. The first-order valence-corrected chi connectivity index (χ1v) is 6.97. The van der Waals surface area contributed by atoms with E-state index in [0.717, 1.165) is 11.9 Å². The van der Waals surface area contributed by atoms with Gasteiger partial charge in [-0.15, -0.1) is 0 Å². The molecule has 0 bridgehead atoms. The number of hydrogen-bond donors (Lipinski definition) is 0. The van der Waals surface area contributed by atoms with Gasteiger partial charge in [-0.3, -0.25) is 4.79 Å². The Morgan fingerprint density at radius 2 is 2.00 bits per heavy atom. The second-order valence-electron chi connectivity index (χ2n) is 4.38. The first-order valence-electron chi connectivity index (χ1n) is 6.60. The Bertz CT molecular complexity index is 706. The number of hydrogen-bond acceptors (Lipinski definition) is 3. The molecular formula is C15H16ClNO3. The van der Waals surface area contributed by atoms with Gasteiger partial charge < -0.3 is 9.30 Å². The van der Waals surface area contributed by atoms with Gasteiger partial charge in [0.05, 0.1) is 17.1 Å². The molecule has 0 amide bonds. The SMILES string of the molecule is CCCn1c(=O)c(C(=O)OCC)c(Cl)c2ccccc21. The van der Waals surface area contributed by atoms with Crippen LogP contribution >= 0.6 is 11.6 Å². The zero-order chi connectivity index (χ0) is 14.7. The summed E-state index contributed by atoms with van der Waals surface area (Å²) < 4.78 is 6.51. The molecule has 0 atom stereocenters. The predicted octanol–water partition coefficient (Wildman–Crippen LogP) is 3.24. The number of pyridine rings is 1. The highest BCUT2D eigenvalue weighted by molar-refractivity contribution is 6.38. The molecule has 1 aromatic heterocycles. The van der Waals surface area contributed by atoms with Crippen LogP contribution in [0.3, 0.4) is 0 Å². The van der Waals surface area contributed by atoms with Crippen LogP contribution < -0.4 is 5.56 Å². The van der Waals surface area contributed by atoms with Crippen LogP contribution in [-0.4, -0.2) is 17.1 Å². The Labute approximate surface area is 121 Å². The maximum atomic E-state index is 12.5. The molecule has 2 rings (SSSR count). The summed E-state index contributed by atoms with van der Waals surface area (Å²) in [5, 5.41) is 0.849. The number of benzene rings is 1. The van der Waals surface area contributed by atoms with Crippen molar-refractivity contribution in [3.8, 4) is 0 Å². The number of rotatable bonds is 4. The third-order valence-corrected chi connectivity index (χ3v) is 3.43. The molecule has 0 aliphatic rings. The first-order chi connectivity index (χ1) is 9.61. The summed E-state index contributed by atoms with van der Waals surface area (Å²) in [4.78, 5) is 24.5. The molecule has 1 aromatic carbocycles. The Hall–Kier alpha value is -1.81. The van der Waals surface area contributed by atoms with E-state index in [9.17, 15) is 9.59 Å². The van der Waals surface area contributed by atoms with Gasteiger partial charge in [0.1, 0.15) is 5.56 Å². The summed E-state index contributed by atoms with van der Waals surface area (Å²) in [6, 6.07) is 7.29. The number of halogens is 1. The van der Waals surface area contributed by atoms with Crippen molar-refractivity contribution in [2.24, 2.45) is 0 Å². The minimum atomic E-state index is -0.668. The smallest absolute Gasteiger partial charge is 0.345 e. The van der Waals surface area contributed by atoms with E-state index in [1.54, 1.807) is 17.6 Å². The van der Waals surface area contributed by atoms with Crippen molar-refractivity contribution >= 4 is 28.5 Å². The maximum Gasteiger partial charge on any atom is 0.345 e. The van der Waals surface area contributed by atoms with Crippen LogP contribution in [-0.2, 0) is 11.3 Å². The molecule has 2 aromatic rings. The third-order valence-electron chi connectivity index (χ3n) is 3.04. The maximum absolute atomic E-state index is 12.5.